The van der Waals surface area contributed by atoms with Crippen molar-refractivity contribution in [2.75, 3.05) is 5.32 Å². The molecule has 3 N–H and O–H groups in total. The molecular formula is C18H28N6O. The molecule has 0 bridgehead atoms. The van der Waals surface area contributed by atoms with E-state index >= 15 is 0 Å². The van der Waals surface area contributed by atoms with E-state index in [-0.39, 0.29) is 17.5 Å². The van der Waals surface area contributed by atoms with Crippen LogP contribution < -0.4 is 10.6 Å². The lowest BCUT2D eigenvalue weighted by Crippen LogP contribution is -2.35. The zero-order chi connectivity index (χ0) is 17.7. The maximum atomic E-state index is 12.4. The largest absolute Gasteiger partial charge is 0.349 e. The first-order chi connectivity index (χ1) is 12.3. The second kappa shape index (κ2) is 11.2. The van der Waals surface area contributed by atoms with Gasteiger partial charge in [-0.1, -0.05) is 57.8 Å². The summed E-state index contributed by atoms with van der Waals surface area (Å²) in [4.78, 5) is 16.3. The molecule has 1 aromatic rings. The molecule has 1 fully saturated rings. The highest BCUT2D eigenvalue weighted by atomic mass is 16.1. The van der Waals surface area contributed by atoms with Gasteiger partial charge in [-0.25, -0.2) is 5.10 Å². The van der Waals surface area contributed by atoms with Gasteiger partial charge in [-0.2, -0.15) is 15.3 Å². The van der Waals surface area contributed by atoms with E-state index in [2.05, 4.69) is 25.8 Å². The van der Waals surface area contributed by atoms with Crippen molar-refractivity contribution in [1.29, 1.82) is 5.26 Å². The molecule has 1 amide bonds. The van der Waals surface area contributed by atoms with Crippen molar-refractivity contribution in [3.63, 3.8) is 0 Å². The summed E-state index contributed by atoms with van der Waals surface area (Å²) in [5.41, 5.74) is 0.0440. The van der Waals surface area contributed by atoms with Gasteiger partial charge in [0.1, 0.15) is 18.0 Å². The Bertz CT molecular complexity index is 563. The third kappa shape index (κ3) is 7.38. The Morgan fingerprint density at radius 3 is 2.24 bits per heavy atom. The van der Waals surface area contributed by atoms with Gasteiger partial charge in [0.25, 0.3) is 5.91 Å². The average Bonchev–Trinajstić information content (AvgIpc) is 3.11. The molecule has 0 unspecified atom stereocenters. The quantitative estimate of drug-likeness (QED) is 0.573. The molecule has 1 aromatic heterocycles. The number of carbonyl (C=O) groups is 1. The van der Waals surface area contributed by atoms with E-state index in [0.717, 1.165) is 25.7 Å². The van der Waals surface area contributed by atoms with E-state index in [1.807, 2.05) is 6.07 Å². The van der Waals surface area contributed by atoms with Gasteiger partial charge in [-0.05, 0) is 12.8 Å². The molecule has 0 radical (unpaired) electrons. The SMILES string of the molecule is N#C/C(=C/Nc1ncn[nH]1)C(=O)NC1CCCCCCCCCCC1. The van der Waals surface area contributed by atoms with Crippen molar-refractivity contribution in [3.8, 4) is 6.07 Å². The van der Waals surface area contributed by atoms with E-state index in [4.69, 9.17) is 0 Å². The Morgan fingerprint density at radius 2 is 1.72 bits per heavy atom. The molecule has 0 aromatic carbocycles. The van der Waals surface area contributed by atoms with E-state index in [9.17, 15) is 10.1 Å². The first-order valence-corrected chi connectivity index (χ1v) is 9.32. The minimum absolute atomic E-state index is 0.0440. The number of rotatable bonds is 4. The summed E-state index contributed by atoms with van der Waals surface area (Å²) in [6.45, 7) is 0. The molecule has 136 valence electrons. The van der Waals surface area contributed by atoms with Crippen LogP contribution in [0.15, 0.2) is 18.1 Å². The van der Waals surface area contributed by atoms with Gasteiger partial charge in [0.15, 0.2) is 0 Å². The maximum absolute atomic E-state index is 12.4. The second-order valence-electron chi connectivity index (χ2n) is 6.58. The first-order valence-electron chi connectivity index (χ1n) is 9.32. The molecule has 1 aliphatic rings. The standard InChI is InChI=1S/C18H28N6O/c19-12-15(13-20-18-21-14-22-24-18)17(25)23-16-10-8-6-4-2-1-3-5-7-9-11-16/h13-14,16H,1-11H2,(H,23,25)(H2,20,21,22,24)/b15-13-. The summed E-state index contributed by atoms with van der Waals surface area (Å²) < 4.78 is 0. The molecule has 0 saturated heterocycles. The summed E-state index contributed by atoms with van der Waals surface area (Å²) >= 11 is 0. The Hall–Kier alpha value is -2.36. The van der Waals surface area contributed by atoms with Crippen LogP contribution in [-0.2, 0) is 4.79 Å². The van der Waals surface area contributed by atoms with Gasteiger partial charge < -0.3 is 10.6 Å². The summed E-state index contributed by atoms with van der Waals surface area (Å²) in [6.07, 6.45) is 16.0. The van der Waals surface area contributed by atoms with Gasteiger partial charge in [0.2, 0.25) is 5.95 Å². The number of nitrogens with zero attached hydrogens (tertiary/aromatic N) is 3. The maximum Gasteiger partial charge on any atom is 0.263 e. The van der Waals surface area contributed by atoms with Crippen LogP contribution in [0.4, 0.5) is 5.95 Å². The molecule has 7 heteroatoms. The summed E-state index contributed by atoms with van der Waals surface area (Å²) in [6, 6.07) is 2.09. The van der Waals surface area contributed by atoms with Crippen molar-refractivity contribution < 1.29 is 4.79 Å². The molecule has 7 nitrogen and oxygen atoms in total. The van der Waals surface area contributed by atoms with Crippen molar-refractivity contribution >= 4 is 11.9 Å². The molecule has 0 spiro atoms. The van der Waals surface area contributed by atoms with Crippen LogP contribution in [0.25, 0.3) is 0 Å². The number of aromatic nitrogens is 3. The topological polar surface area (TPSA) is 106 Å². The first kappa shape index (κ1) is 19.0. The molecule has 1 heterocycles. The molecule has 0 aliphatic heterocycles. The minimum atomic E-state index is -0.327. The third-order valence-electron chi connectivity index (χ3n) is 4.57. The van der Waals surface area contributed by atoms with E-state index in [1.165, 1.54) is 57.5 Å². The molecule has 0 atom stereocenters. The van der Waals surface area contributed by atoms with Crippen LogP contribution in [0.2, 0.25) is 0 Å². The predicted octanol–water partition coefficient (Wildman–Crippen LogP) is 3.41. The minimum Gasteiger partial charge on any atom is -0.349 e. The highest BCUT2D eigenvalue weighted by Gasteiger charge is 2.16. The molecular weight excluding hydrogens is 316 g/mol. The summed E-state index contributed by atoms with van der Waals surface area (Å²) in [7, 11) is 0. The number of carbonyl (C=O) groups excluding carboxylic acids is 1. The molecule has 2 rings (SSSR count). The molecule has 1 saturated carbocycles. The third-order valence-corrected chi connectivity index (χ3v) is 4.57. The lowest BCUT2D eigenvalue weighted by atomic mass is 9.98. The van der Waals surface area contributed by atoms with Gasteiger partial charge in [-0.3, -0.25) is 4.79 Å². The fourth-order valence-corrected chi connectivity index (χ4v) is 3.13. The Labute approximate surface area is 149 Å². The van der Waals surface area contributed by atoms with Crippen LogP contribution in [0.1, 0.15) is 70.6 Å². The Kier molecular flexibility index (Phi) is 8.53. The fourth-order valence-electron chi connectivity index (χ4n) is 3.13. The summed E-state index contributed by atoms with van der Waals surface area (Å²) in [5, 5.41) is 21.4. The Morgan fingerprint density at radius 1 is 1.12 bits per heavy atom. The number of H-pyrrole nitrogens is 1. The fraction of sp³-hybridized carbons (Fsp3) is 0.667. The van der Waals surface area contributed by atoms with E-state index in [0.29, 0.717) is 5.95 Å². The van der Waals surface area contributed by atoms with Crippen LogP contribution in [0.5, 0.6) is 0 Å². The molecule has 25 heavy (non-hydrogen) atoms. The highest BCUT2D eigenvalue weighted by molar-refractivity contribution is 5.97. The molecule has 1 aliphatic carbocycles. The van der Waals surface area contributed by atoms with Crippen molar-refractivity contribution in [2.45, 2.75) is 76.7 Å². The number of nitriles is 1. The van der Waals surface area contributed by atoms with E-state index in [1.54, 1.807) is 0 Å². The van der Waals surface area contributed by atoms with E-state index < -0.39 is 0 Å². The van der Waals surface area contributed by atoms with Crippen LogP contribution >= 0.6 is 0 Å². The van der Waals surface area contributed by atoms with Crippen molar-refractivity contribution in [3.05, 3.63) is 18.1 Å². The Balaban J connectivity index is 1.87. The second-order valence-corrected chi connectivity index (χ2v) is 6.58. The van der Waals surface area contributed by atoms with Gasteiger partial charge in [-0.15, -0.1) is 0 Å². The lowest BCUT2D eigenvalue weighted by molar-refractivity contribution is -0.117. The van der Waals surface area contributed by atoms with Crippen LogP contribution in [0.3, 0.4) is 0 Å². The summed E-state index contributed by atoms with van der Waals surface area (Å²) in [5.74, 6) is 0.0677. The monoisotopic (exact) mass is 344 g/mol. The lowest BCUT2D eigenvalue weighted by Gasteiger charge is -2.19. The number of anilines is 1. The normalized spacial score (nSPS) is 18.4. The van der Waals surface area contributed by atoms with Crippen LogP contribution in [-0.4, -0.2) is 27.1 Å². The van der Waals surface area contributed by atoms with Crippen molar-refractivity contribution in [2.24, 2.45) is 0 Å². The van der Waals surface area contributed by atoms with Crippen LogP contribution in [0, 0.1) is 11.3 Å². The zero-order valence-electron chi connectivity index (χ0n) is 14.8. The smallest absolute Gasteiger partial charge is 0.263 e. The van der Waals surface area contributed by atoms with Crippen molar-refractivity contribution in [1.82, 2.24) is 20.5 Å². The zero-order valence-corrected chi connectivity index (χ0v) is 14.8. The highest BCUT2D eigenvalue weighted by Crippen LogP contribution is 2.17. The number of hydrogen-bond acceptors (Lipinski definition) is 5. The van der Waals surface area contributed by atoms with Gasteiger partial charge in [0, 0.05) is 12.2 Å². The average molecular weight is 344 g/mol. The van der Waals surface area contributed by atoms with Gasteiger partial charge >= 0.3 is 0 Å². The number of nitrogens with one attached hydrogen (secondary N) is 3. The number of amides is 1. The predicted molar refractivity (Wildman–Crippen MR) is 96.4 cm³/mol. The number of hydrogen-bond donors (Lipinski definition) is 3. The number of aromatic amines is 1. The van der Waals surface area contributed by atoms with Gasteiger partial charge in [0.05, 0.1) is 0 Å².